The molecule has 24 heavy (non-hydrogen) atoms. The monoisotopic (exact) mass is 326 g/mol. The summed E-state index contributed by atoms with van der Waals surface area (Å²) in [7, 11) is 0. The van der Waals surface area contributed by atoms with Gasteiger partial charge in [-0.25, -0.2) is 4.98 Å². The second kappa shape index (κ2) is 6.66. The molecule has 7 heteroatoms. The van der Waals surface area contributed by atoms with Gasteiger partial charge in [0.15, 0.2) is 5.69 Å². The molecule has 0 N–H and O–H groups in total. The van der Waals surface area contributed by atoms with E-state index in [0.29, 0.717) is 43.3 Å². The number of hydrogen-bond donors (Lipinski definition) is 0. The number of amides is 1. The third-order valence-corrected chi connectivity index (χ3v) is 4.15. The van der Waals surface area contributed by atoms with E-state index < -0.39 is 4.92 Å². The number of piperazine rings is 1. The maximum absolute atomic E-state index is 11.4. The summed E-state index contributed by atoms with van der Waals surface area (Å²) >= 11 is 0. The minimum atomic E-state index is -0.410. The van der Waals surface area contributed by atoms with Gasteiger partial charge in [0.25, 0.3) is 5.69 Å². The van der Waals surface area contributed by atoms with Crippen LogP contribution in [0.25, 0.3) is 11.3 Å². The zero-order valence-corrected chi connectivity index (χ0v) is 13.4. The van der Waals surface area contributed by atoms with E-state index in [-0.39, 0.29) is 11.6 Å². The van der Waals surface area contributed by atoms with Crippen molar-refractivity contribution in [3.63, 3.8) is 0 Å². The van der Waals surface area contributed by atoms with Gasteiger partial charge in [-0.2, -0.15) is 0 Å². The lowest BCUT2D eigenvalue weighted by Crippen LogP contribution is -2.48. The molecule has 2 heterocycles. The number of pyridine rings is 1. The Morgan fingerprint density at radius 3 is 2.33 bits per heavy atom. The molecule has 0 saturated carbocycles. The van der Waals surface area contributed by atoms with Crippen molar-refractivity contribution in [2.45, 2.75) is 6.92 Å². The molecule has 0 spiro atoms. The number of carbonyl (C=O) groups excluding carboxylic acids is 1. The van der Waals surface area contributed by atoms with E-state index in [1.165, 1.54) is 6.07 Å². The SMILES string of the molecule is CC(=O)N1CCN(c2ccc([N+](=O)[O-])c(-c3ccccc3)n2)CC1. The first-order valence-corrected chi connectivity index (χ1v) is 7.77. The Labute approximate surface area is 139 Å². The molecule has 2 aromatic rings. The Kier molecular flexibility index (Phi) is 4.41. The van der Waals surface area contributed by atoms with Crippen LogP contribution >= 0.6 is 0 Å². The summed E-state index contributed by atoms with van der Waals surface area (Å²) in [6, 6.07) is 12.3. The minimum absolute atomic E-state index is 0.00711. The Morgan fingerprint density at radius 1 is 1.08 bits per heavy atom. The number of nitrogens with zero attached hydrogens (tertiary/aromatic N) is 4. The summed E-state index contributed by atoms with van der Waals surface area (Å²) in [6.07, 6.45) is 0. The summed E-state index contributed by atoms with van der Waals surface area (Å²) in [5, 5.41) is 11.3. The Morgan fingerprint density at radius 2 is 1.75 bits per heavy atom. The second-order valence-electron chi connectivity index (χ2n) is 5.65. The van der Waals surface area contributed by atoms with Gasteiger partial charge >= 0.3 is 0 Å². The quantitative estimate of drug-likeness (QED) is 0.639. The van der Waals surface area contributed by atoms with Gasteiger partial charge in [-0.05, 0) is 6.07 Å². The van der Waals surface area contributed by atoms with Crippen molar-refractivity contribution < 1.29 is 9.72 Å². The molecule has 0 unspecified atom stereocenters. The third-order valence-electron chi connectivity index (χ3n) is 4.15. The number of nitro groups is 1. The third kappa shape index (κ3) is 3.19. The molecule has 1 aliphatic rings. The van der Waals surface area contributed by atoms with E-state index in [1.54, 1.807) is 17.9 Å². The maximum atomic E-state index is 11.4. The van der Waals surface area contributed by atoms with Crippen LogP contribution in [0.4, 0.5) is 11.5 Å². The van der Waals surface area contributed by atoms with Crippen LogP contribution in [0.3, 0.4) is 0 Å². The number of carbonyl (C=O) groups is 1. The molecule has 124 valence electrons. The fourth-order valence-corrected chi connectivity index (χ4v) is 2.82. The highest BCUT2D eigenvalue weighted by atomic mass is 16.6. The van der Waals surface area contributed by atoms with Crippen LogP contribution in [0, 0.1) is 10.1 Å². The van der Waals surface area contributed by atoms with Crippen LogP contribution in [0.5, 0.6) is 0 Å². The summed E-state index contributed by atoms with van der Waals surface area (Å²) in [4.78, 5) is 30.7. The van der Waals surface area contributed by atoms with Gasteiger partial charge in [0.1, 0.15) is 5.82 Å². The van der Waals surface area contributed by atoms with Gasteiger partial charge in [0.2, 0.25) is 5.91 Å². The first-order chi connectivity index (χ1) is 11.6. The smallest absolute Gasteiger partial charge is 0.295 e. The average Bonchev–Trinajstić information content (AvgIpc) is 2.62. The fourth-order valence-electron chi connectivity index (χ4n) is 2.82. The Bertz CT molecular complexity index is 756. The highest BCUT2D eigenvalue weighted by Gasteiger charge is 2.23. The van der Waals surface area contributed by atoms with Crippen molar-refractivity contribution in [3.8, 4) is 11.3 Å². The van der Waals surface area contributed by atoms with Crippen LogP contribution in [0.15, 0.2) is 42.5 Å². The van der Waals surface area contributed by atoms with Crippen molar-refractivity contribution in [1.82, 2.24) is 9.88 Å². The van der Waals surface area contributed by atoms with Crippen LogP contribution in [-0.2, 0) is 4.79 Å². The highest BCUT2D eigenvalue weighted by Crippen LogP contribution is 2.30. The number of rotatable bonds is 3. The second-order valence-corrected chi connectivity index (χ2v) is 5.65. The number of aromatic nitrogens is 1. The van der Waals surface area contributed by atoms with Gasteiger partial charge in [0, 0.05) is 44.7 Å². The molecular weight excluding hydrogens is 308 g/mol. The maximum Gasteiger partial charge on any atom is 0.295 e. The summed E-state index contributed by atoms with van der Waals surface area (Å²) in [5.41, 5.74) is 1.08. The van der Waals surface area contributed by atoms with Crippen molar-refractivity contribution >= 4 is 17.4 Å². The Hall–Kier alpha value is -2.96. The molecule has 0 bridgehead atoms. The molecule has 1 aliphatic heterocycles. The standard InChI is InChI=1S/C17H18N4O3/c1-13(22)19-9-11-20(12-10-19)16-8-7-15(21(23)24)17(18-16)14-5-3-2-4-6-14/h2-8H,9-12H2,1H3. The van der Waals surface area contributed by atoms with Crippen LogP contribution in [-0.4, -0.2) is 46.9 Å². The van der Waals surface area contributed by atoms with Crippen molar-refractivity contribution in [2.24, 2.45) is 0 Å². The predicted octanol–water partition coefficient (Wildman–Crippen LogP) is 2.33. The van der Waals surface area contributed by atoms with Crippen LogP contribution in [0.1, 0.15) is 6.92 Å². The molecule has 0 radical (unpaired) electrons. The number of anilines is 1. The molecule has 0 atom stereocenters. The van der Waals surface area contributed by atoms with Crippen molar-refractivity contribution in [2.75, 3.05) is 31.1 Å². The minimum Gasteiger partial charge on any atom is -0.353 e. The highest BCUT2D eigenvalue weighted by molar-refractivity contribution is 5.74. The van der Waals surface area contributed by atoms with E-state index in [2.05, 4.69) is 9.88 Å². The molecule has 0 aliphatic carbocycles. The van der Waals surface area contributed by atoms with E-state index in [0.717, 1.165) is 0 Å². The fraction of sp³-hybridized carbons (Fsp3) is 0.294. The van der Waals surface area contributed by atoms with Crippen LogP contribution in [0.2, 0.25) is 0 Å². The molecule has 1 saturated heterocycles. The molecular formula is C17H18N4O3. The first-order valence-electron chi connectivity index (χ1n) is 7.77. The van der Waals surface area contributed by atoms with Gasteiger partial charge < -0.3 is 9.80 Å². The lowest BCUT2D eigenvalue weighted by Gasteiger charge is -2.35. The lowest BCUT2D eigenvalue weighted by molar-refractivity contribution is -0.384. The van der Waals surface area contributed by atoms with Gasteiger partial charge in [-0.15, -0.1) is 0 Å². The van der Waals surface area contributed by atoms with Gasteiger partial charge in [-0.1, -0.05) is 30.3 Å². The predicted molar refractivity (Wildman–Crippen MR) is 90.8 cm³/mol. The molecule has 1 fully saturated rings. The topological polar surface area (TPSA) is 79.6 Å². The van der Waals surface area contributed by atoms with E-state index in [1.807, 2.05) is 30.3 Å². The Balaban J connectivity index is 1.91. The average molecular weight is 326 g/mol. The summed E-state index contributed by atoms with van der Waals surface area (Å²) in [5.74, 6) is 0.763. The van der Waals surface area contributed by atoms with Crippen LogP contribution < -0.4 is 4.90 Å². The van der Waals surface area contributed by atoms with Crippen molar-refractivity contribution in [1.29, 1.82) is 0 Å². The van der Waals surface area contributed by atoms with E-state index in [4.69, 9.17) is 0 Å². The molecule has 1 aromatic heterocycles. The molecule has 1 amide bonds. The van der Waals surface area contributed by atoms with Gasteiger partial charge in [0.05, 0.1) is 4.92 Å². The number of benzene rings is 1. The zero-order valence-electron chi connectivity index (χ0n) is 13.4. The van der Waals surface area contributed by atoms with Gasteiger partial charge in [-0.3, -0.25) is 14.9 Å². The molecule has 3 rings (SSSR count). The first kappa shape index (κ1) is 15.9. The summed E-state index contributed by atoms with van der Waals surface area (Å²) in [6.45, 7) is 4.16. The number of hydrogen-bond acceptors (Lipinski definition) is 5. The zero-order chi connectivity index (χ0) is 17.1. The molecule has 7 nitrogen and oxygen atoms in total. The van der Waals surface area contributed by atoms with E-state index >= 15 is 0 Å². The van der Waals surface area contributed by atoms with E-state index in [9.17, 15) is 14.9 Å². The lowest BCUT2D eigenvalue weighted by atomic mass is 10.1. The van der Waals surface area contributed by atoms with Crippen molar-refractivity contribution in [3.05, 3.63) is 52.6 Å². The largest absolute Gasteiger partial charge is 0.353 e. The molecule has 1 aromatic carbocycles. The summed E-state index contributed by atoms with van der Waals surface area (Å²) < 4.78 is 0. The normalized spacial score (nSPS) is 14.5.